The van der Waals surface area contributed by atoms with Crippen LogP contribution in [0, 0.1) is 0 Å². The number of carbonyl (C=O) groups excluding carboxylic acids is 1. The Bertz CT molecular complexity index is 430. The van der Waals surface area contributed by atoms with Gasteiger partial charge < -0.3 is 9.47 Å². The molecule has 0 bridgehead atoms. The van der Waals surface area contributed by atoms with E-state index in [4.69, 9.17) is 9.47 Å². The van der Waals surface area contributed by atoms with E-state index in [1.54, 1.807) is 12.0 Å². The average molecular weight is 277 g/mol. The number of methoxy groups -OCH3 is 1. The van der Waals surface area contributed by atoms with Crippen molar-refractivity contribution in [3.8, 4) is 5.75 Å². The molecule has 1 heterocycles. The van der Waals surface area contributed by atoms with Crippen LogP contribution in [-0.2, 0) is 4.74 Å². The summed E-state index contributed by atoms with van der Waals surface area (Å²) in [5, 5.41) is 0. The van der Waals surface area contributed by atoms with Crippen LogP contribution in [0.15, 0.2) is 24.3 Å². The van der Waals surface area contributed by atoms with Gasteiger partial charge in [0.25, 0.3) is 0 Å². The van der Waals surface area contributed by atoms with Crippen LogP contribution in [-0.4, -0.2) is 25.9 Å². The van der Waals surface area contributed by atoms with E-state index in [-0.39, 0.29) is 12.2 Å². The Labute approximate surface area is 120 Å². The average Bonchev–Trinajstić information content (AvgIpc) is 2.85. The predicted octanol–water partition coefficient (Wildman–Crippen LogP) is 3.99. The number of carbonyl (C=O) groups is 1. The van der Waals surface area contributed by atoms with Gasteiger partial charge in [-0.1, -0.05) is 26.2 Å². The number of hydrogen-bond acceptors (Lipinski definition) is 3. The summed E-state index contributed by atoms with van der Waals surface area (Å²) >= 11 is 0. The minimum Gasteiger partial charge on any atom is -0.497 e. The molecule has 1 saturated heterocycles. The Hall–Kier alpha value is -1.71. The van der Waals surface area contributed by atoms with Crippen molar-refractivity contribution in [3.63, 3.8) is 0 Å². The molecule has 1 amide bonds. The highest BCUT2D eigenvalue weighted by Crippen LogP contribution is 2.25. The summed E-state index contributed by atoms with van der Waals surface area (Å²) in [5.41, 5.74) is 0.867. The summed E-state index contributed by atoms with van der Waals surface area (Å²) in [6, 6.07) is 7.49. The van der Waals surface area contributed by atoms with Gasteiger partial charge in [-0.2, -0.15) is 0 Å². The first-order valence-corrected chi connectivity index (χ1v) is 7.36. The lowest BCUT2D eigenvalue weighted by molar-refractivity contribution is 0.135. The van der Waals surface area contributed by atoms with E-state index >= 15 is 0 Å². The van der Waals surface area contributed by atoms with E-state index in [1.165, 1.54) is 19.3 Å². The van der Waals surface area contributed by atoms with Crippen LogP contribution in [0.3, 0.4) is 0 Å². The fourth-order valence-corrected chi connectivity index (χ4v) is 2.44. The number of rotatable bonds is 7. The molecule has 4 nitrogen and oxygen atoms in total. The van der Waals surface area contributed by atoms with Gasteiger partial charge in [0.2, 0.25) is 0 Å². The molecule has 0 radical (unpaired) electrons. The van der Waals surface area contributed by atoms with Crippen LogP contribution in [0.25, 0.3) is 0 Å². The molecule has 0 unspecified atom stereocenters. The first-order chi connectivity index (χ1) is 9.74. The highest BCUT2D eigenvalue weighted by molar-refractivity contribution is 5.89. The van der Waals surface area contributed by atoms with Crippen LogP contribution in [0.2, 0.25) is 0 Å². The molecule has 2 rings (SSSR count). The molecule has 0 N–H and O–H groups in total. The van der Waals surface area contributed by atoms with Gasteiger partial charge in [0, 0.05) is 5.69 Å². The standard InChI is InChI=1S/C16H23NO3/c1-3-4-5-6-7-15-12-17(16(18)20-15)13-8-10-14(19-2)11-9-13/h8-11,15H,3-7,12H2,1-2H3/t15-/m1/s1. The van der Waals surface area contributed by atoms with Crippen molar-refractivity contribution in [1.82, 2.24) is 0 Å². The van der Waals surface area contributed by atoms with Crippen LogP contribution >= 0.6 is 0 Å². The smallest absolute Gasteiger partial charge is 0.414 e. The molecule has 110 valence electrons. The number of ether oxygens (including phenoxy) is 2. The topological polar surface area (TPSA) is 38.8 Å². The normalized spacial score (nSPS) is 18.2. The quantitative estimate of drug-likeness (QED) is 0.707. The molecule has 4 heteroatoms. The van der Waals surface area contributed by atoms with Crippen LogP contribution < -0.4 is 9.64 Å². The third-order valence-corrected chi connectivity index (χ3v) is 3.64. The number of unbranched alkanes of at least 4 members (excludes halogenated alkanes) is 3. The third kappa shape index (κ3) is 3.65. The zero-order valence-electron chi connectivity index (χ0n) is 12.3. The lowest BCUT2D eigenvalue weighted by atomic mass is 10.1. The second-order valence-electron chi connectivity index (χ2n) is 5.16. The summed E-state index contributed by atoms with van der Waals surface area (Å²) in [6.07, 6.45) is 5.57. The summed E-state index contributed by atoms with van der Waals surface area (Å²) < 4.78 is 10.5. The minimum absolute atomic E-state index is 0.0291. The maximum Gasteiger partial charge on any atom is 0.414 e. The Morgan fingerprint density at radius 1 is 1.25 bits per heavy atom. The molecule has 0 aromatic heterocycles. The van der Waals surface area contributed by atoms with Gasteiger partial charge in [0.1, 0.15) is 11.9 Å². The number of anilines is 1. The first kappa shape index (κ1) is 14.7. The van der Waals surface area contributed by atoms with E-state index in [9.17, 15) is 4.79 Å². The number of hydrogen-bond donors (Lipinski definition) is 0. The van der Waals surface area contributed by atoms with E-state index in [1.807, 2.05) is 24.3 Å². The molecular weight excluding hydrogens is 254 g/mol. The molecule has 1 fully saturated rings. The zero-order chi connectivity index (χ0) is 14.4. The third-order valence-electron chi connectivity index (χ3n) is 3.64. The van der Waals surface area contributed by atoms with Gasteiger partial charge >= 0.3 is 6.09 Å². The zero-order valence-corrected chi connectivity index (χ0v) is 12.3. The highest BCUT2D eigenvalue weighted by Gasteiger charge is 2.31. The van der Waals surface area contributed by atoms with Crippen molar-refractivity contribution in [2.45, 2.75) is 45.1 Å². The number of nitrogens with zero attached hydrogens (tertiary/aromatic N) is 1. The molecule has 1 aliphatic heterocycles. The predicted molar refractivity (Wildman–Crippen MR) is 79.4 cm³/mol. The van der Waals surface area contributed by atoms with Crippen molar-refractivity contribution in [2.75, 3.05) is 18.6 Å². The van der Waals surface area contributed by atoms with Crippen molar-refractivity contribution in [1.29, 1.82) is 0 Å². The maximum atomic E-state index is 11.9. The van der Waals surface area contributed by atoms with Gasteiger partial charge in [-0.05, 0) is 37.1 Å². The van der Waals surface area contributed by atoms with Gasteiger partial charge in [-0.3, -0.25) is 4.90 Å². The Morgan fingerprint density at radius 3 is 2.65 bits per heavy atom. The second-order valence-corrected chi connectivity index (χ2v) is 5.16. The summed E-state index contributed by atoms with van der Waals surface area (Å²) in [5.74, 6) is 0.789. The SMILES string of the molecule is CCCCCC[C@@H]1CN(c2ccc(OC)cc2)C(=O)O1. The lowest BCUT2D eigenvalue weighted by Crippen LogP contribution is -2.24. The van der Waals surface area contributed by atoms with Crippen molar-refractivity contribution >= 4 is 11.8 Å². The molecule has 0 aliphatic carbocycles. The molecular formula is C16H23NO3. The number of benzene rings is 1. The van der Waals surface area contributed by atoms with Gasteiger partial charge in [0.05, 0.1) is 13.7 Å². The van der Waals surface area contributed by atoms with E-state index in [2.05, 4.69) is 6.92 Å². The lowest BCUT2D eigenvalue weighted by Gasteiger charge is -2.13. The molecule has 1 atom stereocenters. The van der Waals surface area contributed by atoms with E-state index in [0.29, 0.717) is 6.54 Å². The molecule has 1 aromatic carbocycles. The Kier molecular flexibility index (Phi) is 5.27. The van der Waals surface area contributed by atoms with Gasteiger partial charge in [-0.15, -0.1) is 0 Å². The van der Waals surface area contributed by atoms with Crippen LogP contribution in [0.1, 0.15) is 39.0 Å². The molecule has 20 heavy (non-hydrogen) atoms. The summed E-state index contributed by atoms with van der Waals surface area (Å²) in [6.45, 7) is 2.85. The Balaban J connectivity index is 1.88. The maximum absolute atomic E-state index is 11.9. The van der Waals surface area contributed by atoms with E-state index in [0.717, 1.165) is 24.3 Å². The van der Waals surface area contributed by atoms with Crippen LogP contribution in [0.4, 0.5) is 10.5 Å². The van der Waals surface area contributed by atoms with Crippen molar-refractivity contribution in [3.05, 3.63) is 24.3 Å². The summed E-state index contributed by atoms with van der Waals surface area (Å²) in [7, 11) is 1.63. The second kappa shape index (κ2) is 7.17. The fourth-order valence-electron chi connectivity index (χ4n) is 2.44. The molecule has 0 saturated carbocycles. The number of amides is 1. The molecule has 0 spiro atoms. The Morgan fingerprint density at radius 2 is 2.00 bits per heavy atom. The fraction of sp³-hybridized carbons (Fsp3) is 0.562. The molecule has 1 aliphatic rings. The number of cyclic esters (lactones) is 1. The van der Waals surface area contributed by atoms with Crippen molar-refractivity contribution < 1.29 is 14.3 Å². The molecule has 1 aromatic rings. The summed E-state index contributed by atoms with van der Waals surface area (Å²) in [4.78, 5) is 13.6. The minimum atomic E-state index is -0.240. The van der Waals surface area contributed by atoms with E-state index < -0.39 is 0 Å². The van der Waals surface area contributed by atoms with Gasteiger partial charge in [-0.25, -0.2) is 4.79 Å². The monoisotopic (exact) mass is 277 g/mol. The largest absolute Gasteiger partial charge is 0.497 e. The van der Waals surface area contributed by atoms with Crippen molar-refractivity contribution in [2.24, 2.45) is 0 Å². The van der Waals surface area contributed by atoms with Crippen LogP contribution in [0.5, 0.6) is 5.75 Å². The first-order valence-electron chi connectivity index (χ1n) is 7.36. The highest BCUT2D eigenvalue weighted by atomic mass is 16.6. The van der Waals surface area contributed by atoms with Gasteiger partial charge in [0.15, 0.2) is 0 Å².